The highest BCUT2D eigenvalue weighted by Gasteiger charge is 2.37. The van der Waals surface area contributed by atoms with E-state index in [0.29, 0.717) is 25.0 Å². The van der Waals surface area contributed by atoms with Crippen molar-refractivity contribution in [2.24, 2.45) is 0 Å². The number of nitrogens with zero attached hydrogens (tertiary/aromatic N) is 1. The molecule has 1 amide bonds. The molecule has 140 valence electrons. The van der Waals surface area contributed by atoms with Gasteiger partial charge in [-0.3, -0.25) is 4.79 Å². The number of carbonyl (C=O) groups is 1. The quantitative estimate of drug-likeness (QED) is 0.882. The fourth-order valence-corrected chi connectivity index (χ4v) is 4.70. The van der Waals surface area contributed by atoms with Crippen molar-refractivity contribution in [1.29, 1.82) is 0 Å². The summed E-state index contributed by atoms with van der Waals surface area (Å²) in [5, 5.41) is 0.629. The highest BCUT2D eigenvalue weighted by atomic mass is 19.1. The zero-order valence-corrected chi connectivity index (χ0v) is 15.3. The molecule has 1 aromatic carbocycles. The first kappa shape index (κ1) is 17.5. The number of aromatic nitrogens is 1. The molecule has 3 atom stereocenters. The van der Waals surface area contributed by atoms with Gasteiger partial charge in [-0.25, -0.2) is 4.39 Å². The van der Waals surface area contributed by atoms with Gasteiger partial charge in [-0.05, 0) is 42.9 Å². The second kappa shape index (κ2) is 7.39. The van der Waals surface area contributed by atoms with Crippen LogP contribution in [0.5, 0.6) is 0 Å². The average Bonchev–Trinajstić information content (AvgIpc) is 3.11. The van der Waals surface area contributed by atoms with Gasteiger partial charge in [0.1, 0.15) is 5.82 Å². The predicted molar refractivity (Wildman–Crippen MR) is 99.6 cm³/mol. The Labute approximate surface area is 153 Å². The van der Waals surface area contributed by atoms with Gasteiger partial charge in [0.25, 0.3) is 0 Å². The van der Waals surface area contributed by atoms with Crippen LogP contribution in [0.25, 0.3) is 10.9 Å². The zero-order chi connectivity index (χ0) is 18.1. The summed E-state index contributed by atoms with van der Waals surface area (Å²) in [6, 6.07) is 5.30. The van der Waals surface area contributed by atoms with Crippen LogP contribution in [0.4, 0.5) is 4.39 Å². The van der Waals surface area contributed by atoms with Crippen molar-refractivity contribution in [1.82, 2.24) is 9.88 Å². The topological polar surface area (TPSA) is 45.3 Å². The van der Waals surface area contributed by atoms with Crippen molar-refractivity contribution in [3.8, 4) is 0 Å². The summed E-state index contributed by atoms with van der Waals surface area (Å²) < 4.78 is 20.2. The molecule has 1 saturated heterocycles. The van der Waals surface area contributed by atoms with Crippen molar-refractivity contribution in [2.75, 3.05) is 13.2 Å². The third-order valence-electron chi connectivity index (χ3n) is 6.09. The lowest BCUT2D eigenvalue weighted by atomic mass is 9.88. The smallest absolute Gasteiger partial charge is 0.223 e. The van der Waals surface area contributed by atoms with Gasteiger partial charge in [0, 0.05) is 30.1 Å². The average molecular weight is 358 g/mol. The van der Waals surface area contributed by atoms with Gasteiger partial charge in [0.05, 0.1) is 18.8 Å². The summed E-state index contributed by atoms with van der Waals surface area (Å²) in [6.45, 7) is 3.38. The van der Waals surface area contributed by atoms with Crippen LogP contribution in [0.1, 0.15) is 56.9 Å². The monoisotopic (exact) mass is 358 g/mol. The second-order valence-electron chi connectivity index (χ2n) is 7.56. The largest absolute Gasteiger partial charge is 0.374 e. The maximum Gasteiger partial charge on any atom is 0.223 e. The summed E-state index contributed by atoms with van der Waals surface area (Å²) in [4.78, 5) is 18.3. The van der Waals surface area contributed by atoms with E-state index in [1.165, 1.54) is 18.9 Å². The number of H-pyrrole nitrogens is 1. The number of aromatic amines is 1. The Morgan fingerprint density at radius 3 is 3.08 bits per heavy atom. The van der Waals surface area contributed by atoms with Crippen molar-refractivity contribution in [2.45, 2.75) is 63.5 Å². The number of nitrogens with one attached hydrogen (secondary N) is 1. The fraction of sp³-hybridized carbons (Fsp3) is 0.571. The Morgan fingerprint density at radius 2 is 2.23 bits per heavy atom. The molecule has 3 unspecified atom stereocenters. The number of rotatable bonds is 4. The number of amides is 1. The molecule has 1 N–H and O–H groups in total. The van der Waals surface area contributed by atoms with Crippen LogP contribution < -0.4 is 0 Å². The summed E-state index contributed by atoms with van der Waals surface area (Å²) in [6.07, 6.45) is 7.76. The molecule has 2 heterocycles. The molecule has 1 aromatic heterocycles. The first-order chi connectivity index (χ1) is 12.7. The van der Waals surface area contributed by atoms with Crippen LogP contribution in [0, 0.1) is 5.82 Å². The number of hydrogen-bond donors (Lipinski definition) is 1. The van der Waals surface area contributed by atoms with Gasteiger partial charge in [0.2, 0.25) is 5.91 Å². The lowest BCUT2D eigenvalue weighted by molar-refractivity contribution is -0.150. The summed E-state index contributed by atoms with van der Waals surface area (Å²) in [5.74, 6) is -0.0101. The molecule has 2 aromatic rings. The normalized spacial score (nSPS) is 24.5. The third kappa shape index (κ3) is 3.13. The summed E-state index contributed by atoms with van der Waals surface area (Å²) >= 11 is 0. The summed E-state index contributed by atoms with van der Waals surface area (Å²) in [7, 11) is 0. The van der Waals surface area contributed by atoms with E-state index in [0.717, 1.165) is 30.3 Å². The lowest BCUT2D eigenvalue weighted by Crippen LogP contribution is -2.55. The van der Waals surface area contributed by atoms with E-state index in [2.05, 4.69) is 11.9 Å². The molecule has 0 spiro atoms. The van der Waals surface area contributed by atoms with Gasteiger partial charge < -0.3 is 14.6 Å². The molecule has 1 saturated carbocycles. The van der Waals surface area contributed by atoms with Crippen LogP contribution in [0.3, 0.4) is 0 Å². The third-order valence-corrected chi connectivity index (χ3v) is 6.09. The molecule has 4 nitrogen and oxygen atoms in total. The molecular formula is C21H27FN2O2. The Kier molecular flexibility index (Phi) is 4.98. The minimum Gasteiger partial charge on any atom is -0.374 e. The molecule has 5 heteroatoms. The molecule has 1 aliphatic heterocycles. The van der Waals surface area contributed by atoms with Crippen molar-refractivity contribution in [3.05, 3.63) is 35.8 Å². The van der Waals surface area contributed by atoms with Crippen LogP contribution in [-0.2, 0) is 9.53 Å². The number of ether oxygens (including phenoxy) is 1. The second-order valence-corrected chi connectivity index (χ2v) is 7.56. The SMILES string of the molecule is CCC(CC(=O)N1CCOC2CCCCC21)c1c[nH]c2cccc(F)c12. The highest BCUT2D eigenvalue weighted by molar-refractivity contribution is 5.85. The minimum atomic E-state index is -0.219. The number of halogens is 1. The van der Waals surface area contributed by atoms with Crippen molar-refractivity contribution in [3.63, 3.8) is 0 Å². The van der Waals surface area contributed by atoms with Gasteiger partial charge in [-0.2, -0.15) is 0 Å². The van der Waals surface area contributed by atoms with Crippen LogP contribution in [-0.4, -0.2) is 41.1 Å². The number of hydrogen-bond acceptors (Lipinski definition) is 2. The fourth-order valence-electron chi connectivity index (χ4n) is 4.70. The van der Waals surface area contributed by atoms with E-state index in [4.69, 9.17) is 4.74 Å². The lowest BCUT2D eigenvalue weighted by Gasteiger charge is -2.44. The van der Waals surface area contributed by atoms with Crippen molar-refractivity contribution >= 4 is 16.8 Å². The molecule has 0 bridgehead atoms. The van der Waals surface area contributed by atoms with E-state index in [1.807, 2.05) is 17.2 Å². The Balaban J connectivity index is 1.55. The van der Waals surface area contributed by atoms with Crippen LogP contribution in [0.15, 0.2) is 24.4 Å². The number of fused-ring (bicyclic) bond motifs is 2. The Bertz CT molecular complexity index is 785. The molecule has 2 aliphatic rings. The van der Waals surface area contributed by atoms with Gasteiger partial charge in [-0.15, -0.1) is 0 Å². The maximum absolute atomic E-state index is 14.4. The number of morpholine rings is 1. The van der Waals surface area contributed by atoms with E-state index >= 15 is 0 Å². The van der Waals surface area contributed by atoms with Gasteiger partial charge >= 0.3 is 0 Å². The van der Waals surface area contributed by atoms with Crippen molar-refractivity contribution < 1.29 is 13.9 Å². The minimum absolute atomic E-state index is 0.0260. The Morgan fingerprint density at radius 1 is 1.38 bits per heavy atom. The molecule has 1 aliphatic carbocycles. The maximum atomic E-state index is 14.4. The highest BCUT2D eigenvalue weighted by Crippen LogP contribution is 2.34. The number of carbonyl (C=O) groups excluding carboxylic acids is 1. The molecule has 2 fully saturated rings. The number of benzene rings is 1. The van der Waals surface area contributed by atoms with Gasteiger partial charge in [0.15, 0.2) is 0 Å². The van der Waals surface area contributed by atoms with E-state index < -0.39 is 0 Å². The molecule has 4 rings (SSSR count). The van der Waals surface area contributed by atoms with Crippen LogP contribution >= 0.6 is 0 Å². The van der Waals surface area contributed by atoms with Gasteiger partial charge in [-0.1, -0.05) is 25.8 Å². The standard InChI is InChI=1S/C21H27FN2O2/c1-2-14(15-13-23-17-7-5-6-16(22)21(15)17)12-20(25)24-10-11-26-19-9-4-3-8-18(19)24/h5-7,13-14,18-19,23H,2-4,8-12H2,1H3. The van der Waals surface area contributed by atoms with Crippen LogP contribution in [0.2, 0.25) is 0 Å². The van der Waals surface area contributed by atoms with E-state index in [-0.39, 0.29) is 29.8 Å². The Hall–Kier alpha value is -1.88. The molecule has 0 radical (unpaired) electrons. The predicted octanol–water partition coefficient (Wildman–Crippen LogP) is 4.36. The molecule has 26 heavy (non-hydrogen) atoms. The first-order valence-corrected chi connectivity index (χ1v) is 9.85. The summed E-state index contributed by atoms with van der Waals surface area (Å²) in [5.41, 5.74) is 1.71. The van der Waals surface area contributed by atoms with E-state index in [9.17, 15) is 9.18 Å². The molecular weight excluding hydrogens is 331 g/mol. The first-order valence-electron chi connectivity index (χ1n) is 9.85. The zero-order valence-electron chi connectivity index (χ0n) is 15.3. The van der Waals surface area contributed by atoms with E-state index in [1.54, 1.807) is 6.07 Å².